The number of hydrogen-bond donors (Lipinski definition) is 3. The molecule has 0 radical (unpaired) electrons. The van der Waals surface area contributed by atoms with E-state index in [1.54, 1.807) is 22.9 Å². The van der Waals surface area contributed by atoms with Crippen molar-refractivity contribution in [3.8, 4) is 0 Å². The molecule has 4 heterocycles. The Bertz CT molecular complexity index is 2310. The maximum atomic E-state index is 12.6. The van der Waals surface area contributed by atoms with Gasteiger partial charge in [-0.2, -0.15) is 16.8 Å². The summed E-state index contributed by atoms with van der Waals surface area (Å²) in [4.78, 5) is 60.1. The maximum absolute atomic E-state index is 12.6. The lowest BCUT2D eigenvalue weighted by molar-refractivity contribution is -0.684. The first kappa shape index (κ1) is 43.1. The molecular formula is C39H48N5O11S2+. The van der Waals surface area contributed by atoms with Crippen LogP contribution in [0.5, 0.6) is 0 Å². The predicted octanol–water partition coefficient (Wildman–Crippen LogP) is 4.18. The number of benzene rings is 1. The van der Waals surface area contributed by atoms with E-state index in [-0.39, 0.29) is 43.0 Å². The molecule has 306 valence electrons. The fraction of sp³-hybridized carbons (Fsp3) is 0.436. The zero-order valence-corrected chi connectivity index (χ0v) is 34.2. The highest BCUT2D eigenvalue weighted by Gasteiger charge is 2.43. The van der Waals surface area contributed by atoms with E-state index < -0.39 is 54.6 Å². The van der Waals surface area contributed by atoms with E-state index in [0.29, 0.717) is 53.5 Å². The van der Waals surface area contributed by atoms with E-state index in [9.17, 15) is 45.1 Å². The predicted molar refractivity (Wildman–Crippen MR) is 210 cm³/mol. The lowest BCUT2D eigenvalue weighted by atomic mass is 9.81. The van der Waals surface area contributed by atoms with Crippen LogP contribution in [0.25, 0.3) is 0 Å². The lowest BCUT2D eigenvalue weighted by Crippen LogP contribution is -2.38. The number of anilines is 1. The fourth-order valence-corrected chi connectivity index (χ4v) is 8.15. The van der Waals surface area contributed by atoms with Gasteiger partial charge >= 0.3 is 11.8 Å². The zero-order chi connectivity index (χ0) is 41.9. The SMILES string of the molecule is CNC(=O)c1cc2c([n+](CCCS(=O)(=O)O)c1)N=C(/C=C/C=C/C=C1/N(CCCCCC(=O)ON3C(=O)CCC3=O)c3ccc(S(=O)(=O)O)cc3C1(C)C)C2(C)C. The van der Waals surface area contributed by atoms with E-state index in [0.717, 1.165) is 16.9 Å². The van der Waals surface area contributed by atoms with Gasteiger partial charge in [0.25, 0.3) is 38.0 Å². The second-order valence-electron chi connectivity index (χ2n) is 15.1. The highest BCUT2D eigenvalue weighted by atomic mass is 32.2. The maximum Gasteiger partial charge on any atom is 0.333 e. The molecule has 0 saturated carbocycles. The molecule has 0 atom stereocenters. The molecule has 2 aromatic rings. The van der Waals surface area contributed by atoms with E-state index in [1.165, 1.54) is 19.2 Å². The Labute approximate surface area is 332 Å². The van der Waals surface area contributed by atoms with Crippen LogP contribution in [0, 0.1) is 0 Å². The number of nitrogens with zero attached hydrogens (tertiary/aromatic N) is 4. The molecule has 0 unspecified atom stereocenters. The van der Waals surface area contributed by atoms with E-state index in [2.05, 4.69) is 10.2 Å². The normalized spacial score (nSPS) is 18.2. The third-order valence-electron chi connectivity index (χ3n) is 10.3. The molecule has 1 saturated heterocycles. The molecule has 3 aliphatic rings. The minimum absolute atomic E-state index is 0.0170. The molecule has 1 aromatic carbocycles. The first-order valence-electron chi connectivity index (χ1n) is 18.5. The number of hydroxylamine groups is 2. The molecule has 1 fully saturated rings. The Balaban J connectivity index is 1.34. The first-order valence-corrected chi connectivity index (χ1v) is 21.6. The minimum Gasteiger partial charge on any atom is -0.355 e. The number of nitrogens with one attached hydrogen (secondary N) is 1. The number of rotatable bonds is 16. The Morgan fingerprint density at radius 3 is 2.28 bits per heavy atom. The van der Waals surface area contributed by atoms with Crippen LogP contribution in [-0.4, -0.2) is 79.8 Å². The van der Waals surface area contributed by atoms with Crippen LogP contribution >= 0.6 is 0 Å². The molecule has 16 nitrogen and oxygen atoms in total. The Hall–Kier alpha value is -5.04. The van der Waals surface area contributed by atoms with Crippen molar-refractivity contribution >= 4 is 61.1 Å². The van der Waals surface area contributed by atoms with Crippen LogP contribution in [0.3, 0.4) is 0 Å². The number of hydrogen-bond acceptors (Lipinski definition) is 11. The molecule has 3 amide bonds. The summed E-state index contributed by atoms with van der Waals surface area (Å²) < 4.78 is 67.6. The van der Waals surface area contributed by atoms with Gasteiger partial charge in [0, 0.05) is 56.1 Å². The molecule has 0 aliphatic carbocycles. The molecule has 5 rings (SSSR count). The number of amides is 3. The van der Waals surface area contributed by atoms with E-state index >= 15 is 0 Å². The number of aryl methyl sites for hydroxylation is 1. The smallest absolute Gasteiger partial charge is 0.333 e. The van der Waals surface area contributed by atoms with Gasteiger partial charge in [-0.25, -0.2) is 9.36 Å². The van der Waals surface area contributed by atoms with Gasteiger partial charge in [0.05, 0.1) is 33.7 Å². The minimum atomic E-state index is -4.46. The number of unbranched alkanes of at least 4 members (excludes halogenated alkanes) is 2. The number of pyridine rings is 1. The second kappa shape index (κ2) is 16.8. The summed E-state index contributed by atoms with van der Waals surface area (Å²) in [6.07, 6.45) is 12.8. The molecule has 0 spiro atoms. The van der Waals surface area contributed by atoms with Crippen LogP contribution in [0.15, 0.2) is 76.4 Å². The van der Waals surface area contributed by atoms with Gasteiger partial charge in [-0.3, -0.25) is 23.5 Å². The largest absolute Gasteiger partial charge is 0.355 e. The molecule has 3 N–H and O–H groups in total. The standard InChI is InChI=1S/C39H47N5O11S2/c1-38(2)29-23-26(37(48)40-5)25-42(20-12-22-56(49,50)51)36(29)41-31(38)13-8-6-9-14-32-39(3,4)28-24-27(57(52,53)54)16-17-30(28)43(32)21-11-7-10-15-35(47)55-44-33(45)18-19-34(44)46/h6,8-9,13-14,16-17,23-25H,7,10-12,15,18-22H2,1-5H3,(H2-,40,48,49,50,51,52,53,54)/p+1. The van der Waals surface area contributed by atoms with Crippen molar-refractivity contribution in [1.82, 2.24) is 10.4 Å². The monoisotopic (exact) mass is 826 g/mol. The van der Waals surface area contributed by atoms with Crippen molar-refractivity contribution in [2.24, 2.45) is 4.99 Å². The van der Waals surface area contributed by atoms with Crippen LogP contribution in [0.1, 0.15) is 94.1 Å². The molecule has 0 bridgehead atoms. The average molecular weight is 827 g/mol. The number of fused-ring (bicyclic) bond motifs is 2. The lowest BCUT2D eigenvalue weighted by Gasteiger charge is -2.27. The van der Waals surface area contributed by atoms with Gasteiger partial charge in [0.2, 0.25) is 0 Å². The van der Waals surface area contributed by atoms with Gasteiger partial charge in [-0.05, 0) is 73.7 Å². The topological polar surface area (TPSA) is 221 Å². The Morgan fingerprint density at radius 1 is 0.930 bits per heavy atom. The van der Waals surface area contributed by atoms with Crippen molar-refractivity contribution in [3.63, 3.8) is 0 Å². The van der Waals surface area contributed by atoms with E-state index in [1.807, 2.05) is 58.1 Å². The number of aliphatic imine (C=N–C) groups is 1. The molecule has 18 heteroatoms. The summed E-state index contributed by atoms with van der Waals surface area (Å²) in [6, 6.07) is 6.26. The quantitative estimate of drug-likeness (QED) is 0.0714. The first-order chi connectivity index (χ1) is 26.6. The van der Waals surface area contributed by atoms with Crippen LogP contribution in [-0.2, 0) is 56.8 Å². The van der Waals surface area contributed by atoms with Gasteiger partial charge in [0.1, 0.15) is 6.20 Å². The fourth-order valence-electron chi connectivity index (χ4n) is 7.15. The number of carbonyl (C=O) groups excluding carboxylic acids is 4. The van der Waals surface area contributed by atoms with Gasteiger partial charge in [0.15, 0.2) is 5.71 Å². The summed E-state index contributed by atoms with van der Waals surface area (Å²) >= 11 is 0. The molecule has 1 aromatic heterocycles. The highest BCUT2D eigenvalue weighted by molar-refractivity contribution is 7.86. The van der Waals surface area contributed by atoms with Gasteiger partial charge < -0.3 is 15.1 Å². The zero-order valence-electron chi connectivity index (χ0n) is 32.5. The van der Waals surface area contributed by atoms with Crippen molar-refractivity contribution in [2.45, 2.75) is 94.9 Å². The number of aromatic nitrogens is 1. The van der Waals surface area contributed by atoms with Crippen molar-refractivity contribution in [2.75, 3.05) is 24.2 Å². The summed E-state index contributed by atoms with van der Waals surface area (Å²) in [5, 5.41) is 3.15. The second-order valence-corrected chi connectivity index (χ2v) is 18.1. The molecule has 3 aliphatic heterocycles. The summed E-state index contributed by atoms with van der Waals surface area (Å²) in [5.74, 6) is -1.91. The summed E-state index contributed by atoms with van der Waals surface area (Å²) in [5.41, 5.74) is 2.90. The van der Waals surface area contributed by atoms with Crippen LogP contribution in [0.4, 0.5) is 11.5 Å². The van der Waals surface area contributed by atoms with E-state index in [4.69, 9.17) is 9.83 Å². The number of carbonyl (C=O) groups is 4. The molecule has 57 heavy (non-hydrogen) atoms. The van der Waals surface area contributed by atoms with Crippen molar-refractivity contribution in [1.29, 1.82) is 0 Å². The van der Waals surface area contributed by atoms with Crippen LogP contribution in [0.2, 0.25) is 0 Å². The number of allylic oxidation sites excluding steroid dienone is 6. The Kier molecular flexibility index (Phi) is 12.7. The Morgan fingerprint density at radius 2 is 1.63 bits per heavy atom. The number of imide groups is 1. The van der Waals surface area contributed by atoms with Crippen molar-refractivity contribution < 1.29 is 54.5 Å². The summed E-state index contributed by atoms with van der Waals surface area (Å²) in [7, 11) is -7.11. The summed E-state index contributed by atoms with van der Waals surface area (Å²) in [6.45, 7) is 8.57. The van der Waals surface area contributed by atoms with Crippen molar-refractivity contribution in [3.05, 3.63) is 83.2 Å². The highest BCUT2D eigenvalue weighted by Crippen LogP contribution is 2.48. The third-order valence-corrected chi connectivity index (χ3v) is 11.9. The average Bonchev–Trinajstić information content (AvgIpc) is 3.66. The van der Waals surface area contributed by atoms with Crippen LogP contribution < -0.4 is 14.8 Å². The molecular weight excluding hydrogens is 779 g/mol. The van der Waals surface area contributed by atoms with Gasteiger partial charge in [-0.1, -0.05) is 38.5 Å². The van der Waals surface area contributed by atoms with Gasteiger partial charge in [-0.15, -0.1) is 5.06 Å². The third kappa shape index (κ3) is 9.75.